The van der Waals surface area contributed by atoms with E-state index < -0.39 is 0 Å². The first kappa shape index (κ1) is 12.4. The van der Waals surface area contributed by atoms with Crippen molar-refractivity contribution in [1.29, 1.82) is 0 Å². The first-order chi connectivity index (χ1) is 8.45. The fourth-order valence-corrected chi connectivity index (χ4v) is 1.87. The molecule has 0 aromatic carbocycles. The molecule has 17 heavy (non-hydrogen) atoms. The Morgan fingerprint density at radius 3 is 2.76 bits per heavy atom. The van der Waals surface area contributed by atoms with Crippen LogP contribution in [0.15, 0.2) is 18.5 Å². The van der Waals surface area contributed by atoms with E-state index in [2.05, 4.69) is 20.2 Å². The molecule has 94 valence electrons. The summed E-state index contributed by atoms with van der Waals surface area (Å²) in [7, 11) is 0. The van der Waals surface area contributed by atoms with Gasteiger partial charge >= 0.3 is 0 Å². The Balaban J connectivity index is 1.51. The predicted molar refractivity (Wildman–Crippen MR) is 65.6 cm³/mol. The van der Waals surface area contributed by atoms with Crippen molar-refractivity contribution in [2.24, 2.45) is 0 Å². The van der Waals surface area contributed by atoms with Gasteiger partial charge in [0.05, 0.1) is 19.8 Å². The first-order valence-electron chi connectivity index (χ1n) is 6.22. The Bertz CT molecular complexity index is 301. The van der Waals surface area contributed by atoms with Crippen LogP contribution in [0.25, 0.3) is 0 Å². The van der Waals surface area contributed by atoms with Crippen molar-refractivity contribution in [3.8, 4) is 0 Å². The van der Waals surface area contributed by atoms with Crippen LogP contribution in [-0.2, 0) is 11.3 Å². The third-order valence-corrected chi connectivity index (χ3v) is 2.83. The molecule has 1 N–H and O–H groups in total. The van der Waals surface area contributed by atoms with Gasteiger partial charge in [0, 0.05) is 25.5 Å². The maximum absolute atomic E-state index is 5.31. The lowest BCUT2D eigenvalue weighted by atomic mass is 10.3. The van der Waals surface area contributed by atoms with Crippen LogP contribution >= 0.6 is 0 Å². The Morgan fingerprint density at radius 1 is 1.24 bits per heavy atom. The number of ether oxygens (including phenoxy) is 1. The molecule has 2 rings (SSSR count). The van der Waals surface area contributed by atoms with E-state index in [1.165, 1.54) is 0 Å². The van der Waals surface area contributed by atoms with E-state index in [1.807, 2.05) is 6.07 Å². The number of hydrogen-bond acceptors (Lipinski definition) is 5. The third kappa shape index (κ3) is 4.77. The summed E-state index contributed by atoms with van der Waals surface area (Å²) >= 11 is 0. The molecule has 1 aromatic rings. The van der Waals surface area contributed by atoms with Crippen molar-refractivity contribution in [1.82, 2.24) is 20.2 Å². The van der Waals surface area contributed by atoms with Gasteiger partial charge in [-0.2, -0.15) is 0 Å². The van der Waals surface area contributed by atoms with E-state index in [0.29, 0.717) is 0 Å². The van der Waals surface area contributed by atoms with E-state index in [-0.39, 0.29) is 0 Å². The molecule has 1 fully saturated rings. The summed E-state index contributed by atoms with van der Waals surface area (Å²) in [6.07, 6.45) is 4.71. The lowest BCUT2D eigenvalue weighted by molar-refractivity contribution is 0.0374. The monoisotopic (exact) mass is 236 g/mol. The van der Waals surface area contributed by atoms with Crippen molar-refractivity contribution in [3.63, 3.8) is 0 Å². The highest BCUT2D eigenvalue weighted by atomic mass is 16.5. The Morgan fingerprint density at radius 2 is 2.00 bits per heavy atom. The van der Waals surface area contributed by atoms with Crippen molar-refractivity contribution in [2.75, 3.05) is 39.4 Å². The molecular formula is C12H20N4O. The number of nitrogens with one attached hydrogen (secondary N) is 1. The molecule has 0 atom stereocenters. The number of aromatic nitrogens is 2. The second-order valence-electron chi connectivity index (χ2n) is 4.15. The molecule has 0 saturated carbocycles. The van der Waals surface area contributed by atoms with Crippen molar-refractivity contribution in [3.05, 3.63) is 24.3 Å². The third-order valence-electron chi connectivity index (χ3n) is 2.83. The Kier molecular flexibility index (Phi) is 5.35. The topological polar surface area (TPSA) is 50.3 Å². The van der Waals surface area contributed by atoms with Crippen LogP contribution in [0.1, 0.15) is 12.2 Å². The molecule has 1 aromatic heterocycles. The summed E-state index contributed by atoms with van der Waals surface area (Å²) in [5.41, 5.74) is 0. The minimum atomic E-state index is 0.754. The van der Waals surface area contributed by atoms with Gasteiger partial charge in [0.2, 0.25) is 0 Å². The average molecular weight is 236 g/mol. The fourth-order valence-electron chi connectivity index (χ4n) is 1.87. The summed E-state index contributed by atoms with van der Waals surface area (Å²) in [4.78, 5) is 10.8. The molecule has 0 amide bonds. The van der Waals surface area contributed by atoms with Gasteiger partial charge in [-0.1, -0.05) is 0 Å². The van der Waals surface area contributed by atoms with Gasteiger partial charge in [0.25, 0.3) is 0 Å². The second-order valence-corrected chi connectivity index (χ2v) is 4.15. The minimum Gasteiger partial charge on any atom is -0.379 e. The number of nitrogens with zero attached hydrogens (tertiary/aromatic N) is 3. The summed E-state index contributed by atoms with van der Waals surface area (Å²) in [6, 6.07) is 1.84. The molecule has 2 heterocycles. The van der Waals surface area contributed by atoms with Crippen LogP contribution in [0.4, 0.5) is 0 Å². The molecule has 5 heteroatoms. The van der Waals surface area contributed by atoms with E-state index >= 15 is 0 Å². The van der Waals surface area contributed by atoms with Crippen molar-refractivity contribution in [2.45, 2.75) is 13.0 Å². The molecule has 1 saturated heterocycles. The second kappa shape index (κ2) is 7.32. The molecule has 1 aliphatic rings. The molecule has 0 aliphatic carbocycles. The van der Waals surface area contributed by atoms with Crippen LogP contribution in [-0.4, -0.2) is 54.3 Å². The highest BCUT2D eigenvalue weighted by molar-refractivity contribution is 4.87. The largest absolute Gasteiger partial charge is 0.379 e. The zero-order chi connectivity index (χ0) is 11.8. The van der Waals surface area contributed by atoms with Gasteiger partial charge in [0.15, 0.2) is 0 Å². The van der Waals surface area contributed by atoms with Crippen LogP contribution < -0.4 is 5.32 Å². The van der Waals surface area contributed by atoms with Gasteiger partial charge in [-0.25, -0.2) is 9.97 Å². The summed E-state index contributed by atoms with van der Waals surface area (Å²) < 4.78 is 5.31. The summed E-state index contributed by atoms with van der Waals surface area (Å²) in [5.74, 6) is 0.860. The summed E-state index contributed by atoms with van der Waals surface area (Å²) in [6.45, 7) is 6.81. The van der Waals surface area contributed by atoms with E-state index in [4.69, 9.17) is 4.74 Å². The predicted octanol–water partition coefficient (Wildman–Crippen LogP) is 0.288. The SMILES string of the molecule is c1cnc(CNCCCN2CCOCC2)nc1. The van der Waals surface area contributed by atoms with Crippen LogP contribution in [0.2, 0.25) is 0 Å². The normalized spacial score (nSPS) is 17.2. The zero-order valence-corrected chi connectivity index (χ0v) is 10.1. The smallest absolute Gasteiger partial charge is 0.141 e. The van der Waals surface area contributed by atoms with Gasteiger partial charge in [-0.15, -0.1) is 0 Å². The van der Waals surface area contributed by atoms with Crippen LogP contribution in [0.5, 0.6) is 0 Å². The maximum Gasteiger partial charge on any atom is 0.141 e. The maximum atomic E-state index is 5.31. The fraction of sp³-hybridized carbons (Fsp3) is 0.667. The molecule has 0 bridgehead atoms. The molecular weight excluding hydrogens is 216 g/mol. The number of hydrogen-bond donors (Lipinski definition) is 1. The lowest BCUT2D eigenvalue weighted by Crippen LogP contribution is -2.37. The van der Waals surface area contributed by atoms with E-state index in [0.717, 1.165) is 58.2 Å². The zero-order valence-electron chi connectivity index (χ0n) is 10.1. The van der Waals surface area contributed by atoms with Crippen molar-refractivity contribution >= 4 is 0 Å². The van der Waals surface area contributed by atoms with Crippen LogP contribution in [0, 0.1) is 0 Å². The minimum absolute atomic E-state index is 0.754. The van der Waals surface area contributed by atoms with Crippen LogP contribution in [0.3, 0.4) is 0 Å². The number of rotatable bonds is 6. The van der Waals surface area contributed by atoms with E-state index in [1.54, 1.807) is 12.4 Å². The standard InChI is InChI=1S/C12H20N4O/c1-4-14-12(15-5-1)11-13-3-2-6-16-7-9-17-10-8-16/h1,4-5,13H,2-3,6-11H2. The first-order valence-corrected chi connectivity index (χ1v) is 6.22. The van der Waals surface area contributed by atoms with Gasteiger partial charge < -0.3 is 10.1 Å². The number of morpholine rings is 1. The molecule has 0 spiro atoms. The van der Waals surface area contributed by atoms with Crippen molar-refractivity contribution < 1.29 is 4.74 Å². The molecule has 0 unspecified atom stereocenters. The van der Waals surface area contributed by atoms with E-state index in [9.17, 15) is 0 Å². The average Bonchev–Trinajstić information content (AvgIpc) is 2.41. The summed E-state index contributed by atoms with van der Waals surface area (Å²) in [5, 5.41) is 3.36. The molecule has 1 aliphatic heterocycles. The van der Waals surface area contributed by atoms with Gasteiger partial charge in [-0.05, 0) is 25.6 Å². The quantitative estimate of drug-likeness (QED) is 0.719. The highest BCUT2D eigenvalue weighted by Crippen LogP contribution is 1.97. The van der Waals surface area contributed by atoms with Gasteiger partial charge in [0.1, 0.15) is 5.82 Å². The van der Waals surface area contributed by atoms with Gasteiger partial charge in [-0.3, -0.25) is 4.90 Å². The Hall–Kier alpha value is -1.04. The lowest BCUT2D eigenvalue weighted by Gasteiger charge is -2.26. The molecule has 5 nitrogen and oxygen atoms in total. The molecule has 0 radical (unpaired) electrons. The Labute approximate surface area is 102 Å². The highest BCUT2D eigenvalue weighted by Gasteiger charge is 2.08.